The van der Waals surface area contributed by atoms with Gasteiger partial charge in [0.2, 0.25) is 5.78 Å². The average Bonchev–Trinajstić information content (AvgIpc) is 2.54. The molecule has 5 heteroatoms. The number of hydrogen-bond donors (Lipinski definition) is 0. The van der Waals surface area contributed by atoms with Crippen LogP contribution < -0.4 is 0 Å². The summed E-state index contributed by atoms with van der Waals surface area (Å²) < 4.78 is 10.1. The van der Waals surface area contributed by atoms with Gasteiger partial charge in [-0.2, -0.15) is 0 Å². The second-order valence-electron chi connectivity index (χ2n) is 3.42. The van der Waals surface area contributed by atoms with E-state index in [1.54, 1.807) is 12.0 Å². The first kappa shape index (κ1) is 12.1. The van der Waals surface area contributed by atoms with Crippen LogP contribution in [0.15, 0.2) is 0 Å². The molecule has 0 aliphatic carbocycles. The van der Waals surface area contributed by atoms with Gasteiger partial charge in [-0.15, -0.1) is 0 Å². The molecule has 0 unspecified atom stereocenters. The van der Waals surface area contributed by atoms with Crippen LogP contribution in [0, 0.1) is 0 Å². The Balaban J connectivity index is 2.01. The molecule has 0 aromatic carbocycles. The summed E-state index contributed by atoms with van der Waals surface area (Å²) in [5, 5.41) is 0. The number of ketones is 1. The van der Waals surface area contributed by atoms with Crippen LogP contribution in [0.1, 0.15) is 12.8 Å². The minimum absolute atomic E-state index is 0.268. The van der Waals surface area contributed by atoms with E-state index in [1.165, 1.54) is 0 Å². The average molecular weight is 215 g/mol. The van der Waals surface area contributed by atoms with Crippen LogP contribution >= 0.6 is 0 Å². The lowest BCUT2D eigenvalue weighted by Crippen LogP contribution is -2.29. The molecule has 0 spiro atoms. The van der Waals surface area contributed by atoms with Gasteiger partial charge in [-0.1, -0.05) is 0 Å². The zero-order chi connectivity index (χ0) is 11.1. The van der Waals surface area contributed by atoms with Crippen molar-refractivity contribution < 1.29 is 19.1 Å². The number of nitrogens with zero attached hydrogens (tertiary/aromatic N) is 1. The second-order valence-corrected chi connectivity index (χ2v) is 3.42. The Bertz CT molecular complexity index is 229. The van der Waals surface area contributed by atoms with E-state index in [2.05, 4.69) is 0 Å². The lowest BCUT2D eigenvalue weighted by Gasteiger charge is -2.13. The van der Waals surface area contributed by atoms with Crippen molar-refractivity contribution in [3.05, 3.63) is 0 Å². The van der Waals surface area contributed by atoms with Crippen LogP contribution in [0.5, 0.6) is 0 Å². The van der Waals surface area contributed by atoms with Crippen LogP contribution in [0.25, 0.3) is 0 Å². The van der Waals surface area contributed by atoms with Gasteiger partial charge in [0.05, 0.1) is 13.2 Å². The molecule has 0 bridgehead atoms. The number of amides is 1. The van der Waals surface area contributed by atoms with Gasteiger partial charge in [0.15, 0.2) is 0 Å². The van der Waals surface area contributed by atoms with E-state index in [-0.39, 0.29) is 11.7 Å². The van der Waals surface area contributed by atoms with Crippen molar-refractivity contribution >= 4 is 11.7 Å². The number of rotatable bonds is 7. The molecule has 1 heterocycles. The molecule has 1 rings (SSSR count). The molecule has 1 aliphatic rings. The van der Waals surface area contributed by atoms with Gasteiger partial charge in [0.1, 0.15) is 0 Å². The van der Waals surface area contributed by atoms with E-state index in [9.17, 15) is 9.59 Å². The van der Waals surface area contributed by atoms with Crippen LogP contribution in [0.4, 0.5) is 0 Å². The first-order valence-corrected chi connectivity index (χ1v) is 5.14. The molecule has 1 fully saturated rings. The molecule has 15 heavy (non-hydrogen) atoms. The Morgan fingerprint density at radius 3 is 2.67 bits per heavy atom. The van der Waals surface area contributed by atoms with Crippen molar-refractivity contribution in [2.24, 2.45) is 0 Å². The Labute approximate surface area is 89.3 Å². The van der Waals surface area contributed by atoms with Crippen LogP contribution in [-0.4, -0.2) is 56.6 Å². The van der Waals surface area contributed by atoms with Crippen molar-refractivity contribution in [3.63, 3.8) is 0 Å². The molecule has 0 aromatic rings. The largest absolute Gasteiger partial charge is 0.382 e. The van der Waals surface area contributed by atoms with Gasteiger partial charge < -0.3 is 14.4 Å². The molecule has 1 aliphatic heterocycles. The van der Waals surface area contributed by atoms with E-state index >= 15 is 0 Å². The second kappa shape index (κ2) is 6.53. The first-order valence-electron chi connectivity index (χ1n) is 5.14. The molecule has 0 atom stereocenters. The molecule has 5 nitrogen and oxygen atoms in total. The highest BCUT2D eigenvalue weighted by Crippen LogP contribution is 2.06. The third-order valence-corrected chi connectivity index (χ3v) is 2.28. The van der Waals surface area contributed by atoms with Crippen molar-refractivity contribution in [1.29, 1.82) is 0 Å². The van der Waals surface area contributed by atoms with Crippen molar-refractivity contribution in [2.75, 3.05) is 40.0 Å². The van der Waals surface area contributed by atoms with E-state index in [1.807, 2.05) is 0 Å². The minimum Gasteiger partial charge on any atom is -0.382 e. The summed E-state index contributed by atoms with van der Waals surface area (Å²) in [7, 11) is 1.62. The number of likely N-dealkylation sites (tertiary alicyclic amines) is 1. The fourth-order valence-electron chi connectivity index (χ4n) is 1.44. The topological polar surface area (TPSA) is 55.8 Å². The Morgan fingerprint density at radius 2 is 2.07 bits per heavy atom. The molecule has 0 N–H and O–H groups in total. The van der Waals surface area contributed by atoms with E-state index in [4.69, 9.17) is 9.47 Å². The summed E-state index contributed by atoms with van der Waals surface area (Å²) in [6, 6.07) is 0. The Morgan fingerprint density at radius 1 is 1.27 bits per heavy atom. The number of ether oxygens (including phenoxy) is 2. The number of methoxy groups -OCH3 is 1. The number of carbonyl (C=O) groups is 2. The van der Waals surface area contributed by atoms with Crippen LogP contribution in [0.3, 0.4) is 0 Å². The lowest BCUT2D eigenvalue weighted by atomic mass is 10.3. The predicted octanol–water partition coefficient (Wildman–Crippen LogP) is -0.159. The SMILES string of the molecule is COCCOCCCN1CCC(=O)C1=O. The highest BCUT2D eigenvalue weighted by Gasteiger charge is 2.28. The highest BCUT2D eigenvalue weighted by atomic mass is 16.5. The fraction of sp³-hybridized carbons (Fsp3) is 0.800. The highest BCUT2D eigenvalue weighted by molar-refractivity contribution is 6.37. The van der Waals surface area contributed by atoms with Gasteiger partial charge in [-0.3, -0.25) is 9.59 Å². The van der Waals surface area contributed by atoms with E-state index in [0.717, 1.165) is 6.42 Å². The minimum atomic E-state index is -0.341. The Hall–Kier alpha value is -0.940. The fourth-order valence-corrected chi connectivity index (χ4v) is 1.44. The van der Waals surface area contributed by atoms with E-state index < -0.39 is 0 Å². The number of hydrogen-bond acceptors (Lipinski definition) is 4. The lowest BCUT2D eigenvalue weighted by molar-refractivity contribution is -0.140. The maximum atomic E-state index is 11.2. The van der Waals surface area contributed by atoms with Gasteiger partial charge in [-0.25, -0.2) is 0 Å². The summed E-state index contributed by atoms with van der Waals surface area (Å²) in [5.41, 5.74) is 0. The van der Waals surface area contributed by atoms with Gasteiger partial charge >= 0.3 is 0 Å². The quantitative estimate of drug-likeness (QED) is 0.437. The number of carbonyl (C=O) groups excluding carboxylic acids is 2. The summed E-state index contributed by atoms with van der Waals surface area (Å²) in [4.78, 5) is 23.7. The Kier molecular flexibility index (Phi) is 5.28. The third kappa shape index (κ3) is 3.97. The van der Waals surface area contributed by atoms with Gasteiger partial charge in [0.25, 0.3) is 5.91 Å². The molecule has 0 aromatic heterocycles. The molecule has 0 radical (unpaired) electrons. The zero-order valence-electron chi connectivity index (χ0n) is 9.03. The van der Waals surface area contributed by atoms with Crippen molar-refractivity contribution in [2.45, 2.75) is 12.8 Å². The standard InChI is InChI=1S/C10H17NO4/c1-14-7-8-15-6-2-4-11-5-3-9(12)10(11)13/h2-8H2,1H3. The molecule has 1 saturated heterocycles. The van der Waals surface area contributed by atoms with E-state index in [0.29, 0.717) is 39.3 Å². The van der Waals surface area contributed by atoms with Crippen LogP contribution in [0.2, 0.25) is 0 Å². The predicted molar refractivity (Wildman–Crippen MR) is 53.5 cm³/mol. The monoisotopic (exact) mass is 215 g/mol. The molecular weight excluding hydrogens is 198 g/mol. The summed E-state index contributed by atoms with van der Waals surface area (Å²) in [5.74, 6) is -0.609. The first-order chi connectivity index (χ1) is 7.25. The van der Waals surface area contributed by atoms with Gasteiger partial charge in [0, 0.05) is 33.2 Å². The third-order valence-electron chi connectivity index (χ3n) is 2.28. The summed E-state index contributed by atoms with van der Waals surface area (Å²) in [6.45, 7) is 2.93. The maximum absolute atomic E-state index is 11.2. The van der Waals surface area contributed by atoms with Gasteiger partial charge in [-0.05, 0) is 6.42 Å². The van der Waals surface area contributed by atoms with Crippen LogP contribution in [-0.2, 0) is 19.1 Å². The number of Topliss-reactive ketones (excluding diaryl/α,β-unsaturated/α-hetero) is 1. The molecule has 0 saturated carbocycles. The smallest absolute Gasteiger partial charge is 0.290 e. The van der Waals surface area contributed by atoms with Crippen molar-refractivity contribution in [1.82, 2.24) is 4.90 Å². The zero-order valence-corrected chi connectivity index (χ0v) is 9.03. The normalized spacial score (nSPS) is 16.5. The molecule has 86 valence electrons. The maximum Gasteiger partial charge on any atom is 0.290 e. The summed E-state index contributed by atoms with van der Waals surface area (Å²) in [6.07, 6.45) is 1.13. The molecular formula is C10H17NO4. The summed E-state index contributed by atoms with van der Waals surface area (Å²) >= 11 is 0. The van der Waals surface area contributed by atoms with Crippen molar-refractivity contribution in [3.8, 4) is 0 Å². The molecule has 1 amide bonds.